The van der Waals surface area contributed by atoms with Gasteiger partial charge >= 0.3 is 18.4 Å². The van der Waals surface area contributed by atoms with Crippen LogP contribution in [0, 0.1) is 5.92 Å². The predicted octanol–water partition coefficient (Wildman–Crippen LogP) is 9.24. The van der Waals surface area contributed by atoms with Crippen molar-refractivity contribution in [3.63, 3.8) is 0 Å². The van der Waals surface area contributed by atoms with Crippen LogP contribution in [0.3, 0.4) is 0 Å². The van der Waals surface area contributed by atoms with Gasteiger partial charge in [-0.1, -0.05) is 66.7 Å². The van der Waals surface area contributed by atoms with Gasteiger partial charge < -0.3 is 30.0 Å². The highest BCUT2D eigenvalue weighted by atomic mass is 19.4. The molecular formula is C43H44F3N5O7. The van der Waals surface area contributed by atoms with E-state index in [4.69, 9.17) is 14.2 Å². The van der Waals surface area contributed by atoms with Gasteiger partial charge in [0.2, 0.25) is 0 Å². The lowest BCUT2D eigenvalue weighted by Gasteiger charge is -2.32. The number of aromatic nitrogens is 2. The lowest BCUT2D eigenvalue weighted by molar-refractivity contribution is -0.141. The summed E-state index contributed by atoms with van der Waals surface area (Å²) in [5, 5.41) is 19.7. The van der Waals surface area contributed by atoms with Crippen LogP contribution in [0.15, 0.2) is 103 Å². The summed E-state index contributed by atoms with van der Waals surface area (Å²) in [6.07, 6.45) is -4.97. The van der Waals surface area contributed by atoms with Crippen LogP contribution >= 0.6 is 0 Å². The fraction of sp³-hybridized carbons (Fsp3) is 0.302. The number of rotatable bonds is 14. The predicted molar refractivity (Wildman–Crippen MR) is 209 cm³/mol. The van der Waals surface area contributed by atoms with Gasteiger partial charge in [0.25, 0.3) is 5.91 Å². The number of methoxy groups -OCH3 is 1. The molecular weight excluding hydrogens is 755 g/mol. The first-order valence-electron chi connectivity index (χ1n) is 18.6. The topological polar surface area (TPSA) is 144 Å². The fourth-order valence-electron chi connectivity index (χ4n) is 6.34. The number of anilines is 1. The zero-order valence-corrected chi connectivity index (χ0v) is 32.4. The second-order valence-corrected chi connectivity index (χ2v) is 14.9. The minimum absolute atomic E-state index is 0.00789. The normalized spacial score (nSPS) is 13.3. The number of benzene rings is 4. The molecule has 4 aromatic carbocycles. The number of halogens is 3. The Balaban J connectivity index is 1.34. The summed E-state index contributed by atoms with van der Waals surface area (Å²) < 4.78 is 60.3. The quantitative estimate of drug-likeness (QED) is 0.101. The molecule has 1 atom stereocenters. The molecule has 15 heteroatoms. The van der Waals surface area contributed by atoms with Gasteiger partial charge in [0.05, 0.1) is 18.8 Å². The van der Waals surface area contributed by atoms with Crippen molar-refractivity contribution in [1.29, 1.82) is 0 Å². The Hall–Kier alpha value is -6.51. The summed E-state index contributed by atoms with van der Waals surface area (Å²) in [6.45, 7) is 5.53. The van der Waals surface area contributed by atoms with Crippen molar-refractivity contribution in [1.82, 2.24) is 20.0 Å². The summed E-state index contributed by atoms with van der Waals surface area (Å²) in [4.78, 5) is 40.5. The third-order valence-electron chi connectivity index (χ3n) is 9.14. The van der Waals surface area contributed by atoms with Crippen molar-refractivity contribution in [2.75, 3.05) is 19.0 Å². The van der Waals surface area contributed by atoms with Gasteiger partial charge in [0.15, 0.2) is 17.2 Å². The summed E-state index contributed by atoms with van der Waals surface area (Å²) in [6, 6.07) is 27.1. The van der Waals surface area contributed by atoms with E-state index in [0.717, 1.165) is 23.1 Å². The number of alkyl carbamates (subject to hydrolysis) is 1. The van der Waals surface area contributed by atoms with Gasteiger partial charge in [-0.2, -0.15) is 18.3 Å². The molecule has 0 radical (unpaired) electrons. The molecule has 3 amide bonds. The van der Waals surface area contributed by atoms with E-state index in [2.05, 4.69) is 15.7 Å². The van der Waals surface area contributed by atoms with E-state index in [1.807, 2.05) is 30.3 Å². The number of amides is 3. The van der Waals surface area contributed by atoms with Crippen LogP contribution in [0.5, 0.6) is 11.5 Å². The monoisotopic (exact) mass is 799 g/mol. The van der Waals surface area contributed by atoms with Gasteiger partial charge in [0.1, 0.15) is 17.9 Å². The van der Waals surface area contributed by atoms with Crippen molar-refractivity contribution < 1.29 is 46.9 Å². The first-order chi connectivity index (χ1) is 27.6. The van der Waals surface area contributed by atoms with Crippen molar-refractivity contribution >= 4 is 23.8 Å². The largest absolute Gasteiger partial charge is 0.493 e. The lowest BCUT2D eigenvalue weighted by Crippen LogP contribution is -2.36. The second-order valence-electron chi connectivity index (χ2n) is 14.9. The molecule has 3 N–H and O–H groups in total. The standard InChI is InChI=1S/C43H44F3N5O7/c1-42(2,3)58-40(53)47-24-29-13-8-16-32(21-29)51-34(23-36(49-51)43(44,45)46)39(52)48-31-15-9-14-30(22-31)37(50(41(54)55)25-27-19-20-27)33-17-10-18-35(56-4)38(33)57-26-28-11-6-5-7-12-28/h5-18,21-23,27,37H,19-20,24-26H2,1-4H3,(H,47,53)(H,48,52)(H,54,55). The molecule has 12 nitrogen and oxygen atoms in total. The van der Waals surface area contributed by atoms with Crippen LogP contribution in [0.25, 0.3) is 5.69 Å². The van der Waals surface area contributed by atoms with E-state index in [-0.39, 0.29) is 37.0 Å². The van der Waals surface area contributed by atoms with E-state index in [0.29, 0.717) is 34.3 Å². The van der Waals surface area contributed by atoms with Crippen LogP contribution in [0.1, 0.15) is 78.1 Å². The van der Waals surface area contributed by atoms with Gasteiger partial charge in [-0.05, 0) is 86.6 Å². The van der Waals surface area contributed by atoms with Crippen molar-refractivity contribution in [2.45, 2.75) is 64.6 Å². The molecule has 0 saturated heterocycles. The Labute approximate surface area is 333 Å². The molecule has 1 saturated carbocycles. The number of carboxylic acid groups (broad SMARTS) is 1. The van der Waals surface area contributed by atoms with Gasteiger partial charge in [-0.3, -0.25) is 9.69 Å². The van der Waals surface area contributed by atoms with Crippen LogP contribution in [-0.4, -0.2) is 57.1 Å². The van der Waals surface area contributed by atoms with Crippen LogP contribution < -0.4 is 20.1 Å². The van der Waals surface area contributed by atoms with Crippen molar-refractivity contribution in [3.05, 3.63) is 137 Å². The SMILES string of the molecule is COc1cccc(C(c2cccc(NC(=O)c3cc(C(F)(F)F)nn3-c3cccc(CNC(=O)OC(C)(C)C)c3)c2)N(CC2CC2)C(=O)O)c1OCc1ccccc1. The first-order valence-corrected chi connectivity index (χ1v) is 18.6. The highest BCUT2D eigenvalue weighted by Crippen LogP contribution is 2.43. The number of para-hydroxylation sites is 1. The Morgan fingerprint density at radius 3 is 2.29 bits per heavy atom. The van der Waals surface area contributed by atoms with E-state index >= 15 is 0 Å². The number of carbonyl (C=O) groups is 3. The maximum atomic E-state index is 14.0. The van der Waals surface area contributed by atoms with Crippen molar-refractivity contribution in [3.8, 4) is 17.2 Å². The Bertz CT molecular complexity index is 2250. The minimum atomic E-state index is -4.87. The molecule has 5 aromatic rings. The van der Waals surface area contributed by atoms with E-state index < -0.39 is 47.3 Å². The second kappa shape index (κ2) is 17.3. The average Bonchev–Trinajstić information content (AvgIpc) is 3.88. The third-order valence-corrected chi connectivity index (χ3v) is 9.14. The summed E-state index contributed by atoms with van der Waals surface area (Å²) in [5.74, 6) is -0.0219. The zero-order chi connectivity index (χ0) is 41.6. The Morgan fingerprint density at radius 2 is 1.62 bits per heavy atom. The molecule has 304 valence electrons. The average molecular weight is 800 g/mol. The first kappa shape index (κ1) is 41.1. The van der Waals surface area contributed by atoms with E-state index in [1.165, 1.54) is 24.1 Å². The number of nitrogens with zero attached hydrogens (tertiary/aromatic N) is 3. The molecule has 6 rings (SSSR count). The number of ether oxygens (including phenoxy) is 3. The molecule has 1 heterocycles. The molecule has 58 heavy (non-hydrogen) atoms. The fourth-order valence-corrected chi connectivity index (χ4v) is 6.34. The van der Waals surface area contributed by atoms with Crippen molar-refractivity contribution in [2.24, 2.45) is 5.92 Å². The molecule has 0 spiro atoms. The smallest absolute Gasteiger partial charge is 0.435 e. The maximum absolute atomic E-state index is 14.0. The number of nitrogens with one attached hydrogen (secondary N) is 2. The molecule has 1 aromatic heterocycles. The summed E-state index contributed by atoms with van der Waals surface area (Å²) in [7, 11) is 1.49. The van der Waals surface area contributed by atoms with Crippen LogP contribution in [0.2, 0.25) is 0 Å². The van der Waals surface area contributed by atoms with Gasteiger partial charge in [-0.15, -0.1) is 0 Å². The minimum Gasteiger partial charge on any atom is -0.493 e. The summed E-state index contributed by atoms with van der Waals surface area (Å²) >= 11 is 0. The molecule has 1 aliphatic rings. The number of hydrogen-bond donors (Lipinski definition) is 3. The van der Waals surface area contributed by atoms with Gasteiger partial charge in [-0.25, -0.2) is 14.3 Å². The number of alkyl halides is 3. The number of carbonyl (C=O) groups excluding carboxylic acids is 2. The van der Waals surface area contributed by atoms with Gasteiger partial charge in [0, 0.05) is 30.4 Å². The molecule has 0 bridgehead atoms. The van der Waals surface area contributed by atoms with Crippen LogP contribution in [-0.2, 0) is 24.1 Å². The van der Waals surface area contributed by atoms with E-state index in [9.17, 15) is 32.7 Å². The molecule has 0 aliphatic heterocycles. The maximum Gasteiger partial charge on any atom is 0.435 e. The van der Waals surface area contributed by atoms with E-state index in [1.54, 1.807) is 75.4 Å². The summed E-state index contributed by atoms with van der Waals surface area (Å²) in [5.41, 5.74) is 0.232. The zero-order valence-electron chi connectivity index (χ0n) is 32.4. The third kappa shape index (κ3) is 10.5. The Kier molecular flexibility index (Phi) is 12.3. The lowest BCUT2D eigenvalue weighted by atomic mass is 9.95. The highest BCUT2D eigenvalue weighted by molar-refractivity contribution is 6.03. The van der Waals surface area contributed by atoms with Crippen LogP contribution in [0.4, 0.5) is 28.4 Å². The Morgan fingerprint density at radius 1 is 0.914 bits per heavy atom. The highest BCUT2D eigenvalue weighted by Gasteiger charge is 2.37. The molecule has 1 fully saturated rings. The number of hydrogen-bond acceptors (Lipinski definition) is 7. The molecule has 1 aliphatic carbocycles. The molecule has 1 unspecified atom stereocenters.